The van der Waals surface area contributed by atoms with Crippen molar-refractivity contribution in [1.29, 1.82) is 0 Å². The molecule has 1 saturated heterocycles. The van der Waals surface area contributed by atoms with Gasteiger partial charge in [0.2, 0.25) is 5.91 Å². The van der Waals surface area contributed by atoms with Gasteiger partial charge in [-0.05, 0) is 62.1 Å². The first-order valence-electron chi connectivity index (χ1n) is 10.3. The molecule has 0 saturated carbocycles. The molecule has 2 aromatic carbocycles. The van der Waals surface area contributed by atoms with E-state index in [0.717, 1.165) is 48.3 Å². The summed E-state index contributed by atoms with van der Waals surface area (Å²) in [5.41, 5.74) is 3.87. The average Bonchev–Trinajstić information content (AvgIpc) is 3.16. The molecule has 1 atom stereocenters. The normalized spacial score (nSPS) is 16.6. The van der Waals surface area contributed by atoms with Crippen LogP contribution < -0.4 is 5.32 Å². The number of aryl methyl sites for hydroxylation is 2. The Kier molecular flexibility index (Phi) is 7.93. The number of likely N-dealkylation sites (tertiary alicyclic amines) is 1. The van der Waals surface area contributed by atoms with Crippen molar-refractivity contribution < 1.29 is 9.59 Å². The number of Topliss-reactive ketones (excluding diaryl/α,β-unsaturated/α-hetero) is 1. The largest absolute Gasteiger partial charge is 0.356 e. The van der Waals surface area contributed by atoms with Crippen molar-refractivity contribution in [1.82, 2.24) is 10.2 Å². The van der Waals surface area contributed by atoms with E-state index >= 15 is 0 Å². The molecule has 1 N–H and O–H groups in total. The summed E-state index contributed by atoms with van der Waals surface area (Å²) in [5, 5.41) is 4.15. The van der Waals surface area contributed by atoms with Gasteiger partial charge < -0.3 is 5.32 Å². The number of amides is 1. The molecule has 4 nitrogen and oxygen atoms in total. The summed E-state index contributed by atoms with van der Waals surface area (Å²) in [6, 6.07) is 11.6. The minimum Gasteiger partial charge on any atom is -0.356 e. The van der Waals surface area contributed by atoms with Crippen molar-refractivity contribution in [2.24, 2.45) is 5.92 Å². The van der Waals surface area contributed by atoms with E-state index in [0.29, 0.717) is 22.5 Å². The summed E-state index contributed by atoms with van der Waals surface area (Å²) in [5.74, 6) is 0.392. The maximum absolute atomic E-state index is 12.4. The van der Waals surface area contributed by atoms with E-state index in [1.54, 1.807) is 0 Å². The summed E-state index contributed by atoms with van der Waals surface area (Å²) in [6.45, 7) is 7.29. The van der Waals surface area contributed by atoms with Crippen molar-refractivity contribution in [3.05, 3.63) is 68.7 Å². The van der Waals surface area contributed by atoms with Gasteiger partial charge >= 0.3 is 0 Å². The Bertz CT molecular complexity index is 929. The molecule has 1 fully saturated rings. The van der Waals surface area contributed by atoms with Crippen LogP contribution in [0.25, 0.3) is 0 Å². The quantitative estimate of drug-likeness (QED) is 0.565. The number of nitrogens with one attached hydrogen (secondary N) is 1. The number of benzene rings is 2. The fraction of sp³-hybridized carbons (Fsp3) is 0.417. The highest BCUT2D eigenvalue weighted by atomic mass is 35.5. The first-order chi connectivity index (χ1) is 14.3. The van der Waals surface area contributed by atoms with Crippen LogP contribution in [0.5, 0.6) is 0 Å². The molecular formula is C24H28Cl2N2O2. The Balaban J connectivity index is 1.39. The number of carbonyl (C=O) groups excluding carboxylic acids is 2. The van der Waals surface area contributed by atoms with Crippen molar-refractivity contribution in [3.63, 3.8) is 0 Å². The van der Waals surface area contributed by atoms with Crippen LogP contribution in [0.3, 0.4) is 0 Å². The lowest BCUT2D eigenvalue weighted by molar-refractivity contribution is -0.121. The van der Waals surface area contributed by atoms with E-state index in [4.69, 9.17) is 23.2 Å². The fourth-order valence-corrected chi connectivity index (χ4v) is 4.18. The maximum Gasteiger partial charge on any atom is 0.220 e. The summed E-state index contributed by atoms with van der Waals surface area (Å²) >= 11 is 12.1. The second-order valence-corrected chi connectivity index (χ2v) is 9.00. The SMILES string of the molecule is Cc1ccc(C)c(C(=O)CCC(=O)NCC2CCN(Cc3ccc(Cl)c(Cl)c3)C2)c1. The third-order valence-corrected chi connectivity index (χ3v) is 6.36. The van der Waals surface area contributed by atoms with Gasteiger partial charge in [0.25, 0.3) is 0 Å². The molecule has 0 aromatic heterocycles. The fourth-order valence-electron chi connectivity index (χ4n) is 3.86. The number of rotatable bonds is 8. The van der Waals surface area contributed by atoms with Gasteiger partial charge in [0, 0.05) is 38.0 Å². The number of nitrogens with zero attached hydrogens (tertiary/aromatic N) is 1. The van der Waals surface area contributed by atoms with E-state index in [2.05, 4.69) is 10.2 Å². The van der Waals surface area contributed by atoms with Crippen LogP contribution in [0.4, 0.5) is 0 Å². The van der Waals surface area contributed by atoms with Gasteiger partial charge in [-0.3, -0.25) is 14.5 Å². The minimum atomic E-state index is -0.0587. The number of ketones is 1. The Morgan fingerprint density at radius 1 is 1.07 bits per heavy atom. The van der Waals surface area contributed by atoms with Gasteiger partial charge in [0.05, 0.1) is 10.0 Å². The molecule has 0 radical (unpaired) electrons. The van der Waals surface area contributed by atoms with Crippen LogP contribution in [-0.4, -0.2) is 36.2 Å². The molecule has 0 aliphatic carbocycles. The molecule has 0 bridgehead atoms. The Morgan fingerprint density at radius 3 is 2.63 bits per heavy atom. The highest BCUT2D eigenvalue weighted by Crippen LogP contribution is 2.25. The number of carbonyl (C=O) groups is 2. The maximum atomic E-state index is 12.4. The molecule has 160 valence electrons. The standard InChI is InChI=1S/C24H28Cl2N2O2/c1-16-3-4-17(2)20(11-16)23(29)7-8-24(30)27-13-19-9-10-28(15-19)14-18-5-6-21(25)22(26)12-18/h3-6,11-12,19H,7-10,13-15H2,1-2H3,(H,27,30). The third-order valence-electron chi connectivity index (χ3n) is 5.62. The third kappa shape index (κ3) is 6.31. The molecule has 30 heavy (non-hydrogen) atoms. The van der Waals surface area contributed by atoms with Gasteiger partial charge in [-0.15, -0.1) is 0 Å². The summed E-state index contributed by atoms with van der Waals surface area (Å²) in [6.07, 6.45) is 1.51. The van der Waals surface area contributed by atoms with Gasteiger partial charge in [-0.2, -0.15) is 0 Å². The van der Waals surface area contributed by atoms with Gasteiger partial charge in [0.15, 0.2) is 5.78 Å². The molecule has 1 aliphatic rings. The second-order valence-electron chi connectivity index (χ2n) is 8.18. The zero-order valence-corrected chi connectivity index (χ0v) is 19.0. The molecule has 2 aromatic rings. The number of hydrogen-bond donors (Lipinski definition) is 1. The number of hydrogen-bond acceptors (Lipinski definition) is 3. The molecule has 0 spiro atoms. The van der Waals surface area contributed by atoms with Crippen molar-refractivity contribution in [3.8, 4) is 0 Å². The van der Waals surface area contributed by atoms with Crippen LogP contribution in [0.1, 0.15) is 46.3 Å². The molecule has 1 heterocycles. The first-order valence-corrected chi connectivity index (χ1v) is 11.1. The van der Waals surface area contributed by atoms with Crippen LogP contribution >= 0.6 is 23.2 Å². The van der Waals surface area contributed by atoms with Crippen molar-refractivity contribution in [2.75, 3.05) is 19.6 Å². The van der Waals surface area contributed by atoms with Gasteiger partial charge in [-0.25, -0.2) is 0 Å². The first kappa shape index (κ1) is 22.8. The smallest absolute Gasteiger partial charge is 0.220 e. The van der Waals surface area contributed by atoms with Crippen LogP contribution in [-0.2, 0) is 11.3 Å². The zero-order valence-electron chi connectivity index (χ0n) is 17.5. The van der Waals surface area contributed by atoms with Crippen molar-refractivity contribution in [2.45, 2.75) is 39.7 Å². The predicted octanol–water partition coefficient (Wildman–Crippen LogP) is 5.21. The van der Waals surface area contributed by atoms with Gasteiger partial charge in [-0.1, -0.05) is 47.0 Å². The Hall–Kier alpha value is -1.88. The molecule has 1 aliphatic heterocycles. The highest BCUT2D eigenvalue weighted by Gasteiger charge is 2.23. The monoisotopic (exact) mass is 446 g/mol. The summed E-state index contributed by atoms with van der Waals surface area (Å²) in [4.78, 5) is 27.0. The molecule has 3 rings (SSSR count). The van der Waals surface area contributed by atoms with E-state index in [9.17, 15) is 9.59 Å². The van der Waals surface area contributed by atoms with E-state index in [-0.39, 0.29) is 24.5 Å². The van der Waals surface area contributed by atoms with Crippen LogP contribution in [0, 0.1) is 19.8 Å². The zero-order chi connectivity index (χ0) is 21.7. The Morgan fingerprint density at radius 2 is 1.87 bits per heavy atom. The predicted molar refractivity (Wildman–Crippen MR) is 122 cm³/mol. The summed E-state index contributed by atoms with van der Waals surface area (Å²) < 4.78 is 0. The molecular weight excluding hydrogens is 419 g/mol. The van der Waals surface area contributed by atoms with Gasteiger partial charge in [0.1, 0.15) is 0 Å². The lowest BCUT2D eigenvalue weighted by atomic mass is 9.99. The lowest BCUT2D eigenvalue weighted by Crippen LogP contribution is -2.31. The molecule has 1 amide bonds. The van der Waals surface area contributed by atoms with E-state index in [1.165, 1.54) is 0 Å². The average molecular weight is 447 g/mol. The minimum absolute atomic E-state index is 0.0278. The van der Waals surface area contributed by atoms with Crippen LogP contribution in [0.2, 0.25) is 10.0 Å². The molecule has 1 unspecified atom stereocenters. The summed E-state index contributed by atoms with van der Waals surface area (Å²) in [7, 11) is 0. The topological polar surface area (TPSA) is 49.4 Å². The van der Waals surface area contributed by atoms with Crippen molar-refractivity contribution >= 4 is 34.9 Å². The van der Waals surface area contributed by atoms with Crippen LogP contribution in [0.15, 0.2) is 36.4 Å². The van der Waals surface area contributed by atoms with E-state index in [1.807, 2.05) is 50.2 Å². The lowest BCUT2D eigenvalue weighted by Gasteiger charge is -2.17. The molecule has 6 heteroatoms. The highest BCUT2D eigenvalue weighted by molar-refractivity contribution is 6.42. The number of halogens is 2. The second kappa shape index (κ2) is 10.4. The van der Waals surface area contributed by atoms with E-state index < -0.39 is 0 Å². The Labute approximate surface area is 188 Å².